The molecule has 1 rings (SSSR count). The zero-order valence-electron chi connectivity index (χ0n) is 5.06. The minimum absolute atomic E-state index is 0.535. The first-order valence-corrected chi connectivity index (χ1v) is 4.36. The molecule has 1 atom stereocenters. The van der Waals surface area contributed by atoms with Crippen LogP contribution in [0.15, 0.2) is 16.2 Å². The van der Waals surface area contributed by atoms with E-state index in [4.69, 9.17) is 11.6 Å². The average molecular weight is 255 g/mol. The van der Waals surface area contributed by atoms with Crippen molar-refractivity contribution in [3.8, 4) is 0 Å². The Balaban J connectivity index is 2.74. The molecular formula is C6H7ClIN. The predicted octanol–water partition coefficient (Wildman–Crippen LogP) is 2.73. The zero-order chi connectivity index (χ0) is 6.85. The van der Waals surface area contributed by atoms with Crippen molar-refractivity contribution in [2.45, 2.75) is 17.3 Å². The van der Waals surface area contributed by atoms with Crippen molar-refractivity contribution >= 4 is 39.9 Å². The highest BCUT2D eigenvalue weighted by Crippen LogP contribution is 2.19. The molecule has 0 aromatic carbocycles. The summed E-state index contributed by atoms with van der Waals surface area (Å²) in [5, 5.41) is 0.637. The van der Waals surface area contributed by atoms with E-state index in [1.54, 1.807) is 0 Å². The number of aliphatic imine (C=N–C) groups is 1. The second kappa shape index (κ2) is 3.01. The molecule has 1 nitrogen and oxygen atoms in total. The van der Waals surface area contributed by atoms with Crippen molar-refractivity contribution in [1.29, 1.82) is 0 Å². The van der Waals surface area contributed by atoms with Crippen LogP contribution in [-0.2, 0) is 0 Å². The predicted molar refractivity (Wildman–Crippen MR) is 49.5 cm³/mol. The molecule has 0 bridgehead atoms. The molecule has 0 radical (unpaired) electrons. The van der Waals surface area contributed by atoms with Gasteiger partial charge in [-0.15, -0.1) is 0 Å². The smallest absolute Gasteiger partial charge is 0.126 e. The molecule has 0 spiro atoms. The van der Waals surface area contributed by atoms with Crippen LogP contribution in [0.4, 0.5) is 0 Å². The number of nitrogens with zero attached hydrogens (tertiary/aromatic N) is 1. The molecule has 1 aliphatic heterocycles. The summed E-state index contributed by atoms with van der Waals surface area (Å²) < 4.78 is 0.535. The largest absolute Gasteiger partial charge is 0.246 e. The van der Waals surface area contributed by atoms with E-state index in [-0.39, 0.29) is 0 Å². The average Bonchev–Trinajstić information content (AvgIpc) is 1.59. The second-order valence-electron chi connectivity index (χ2n) is 2.06. The van der Waals surface area contributed by atoms with Crippen LogP contribution in [-0.4, -0.2) is 9.64 Å². The van der Waals surface area contributed by atoms with Gasteiger partial charge >= 0.3 is 0 Å². The van der Waals surface area contributed by atoms with Crippen LogP contribution >= 0.6 is 34.2 Å². The van der Waals surface area contributed by atoms with Gasteiger partial charge in [0.1, 0.15) is 5.16 Å². The van der Waals surface area contributed by atoms with Gasteiger partial charge in [-0.25, -0.2) is 4.99 Å². The second-order valence-corrected chi connectivity index (χ2v) is 4.04. The van der Waals surface area contributed by atoms with Crippen LogP contribution in [0, 0.1) is 0 Å². The minimum atomic E-state index is 0.535. The molecule has 1 aliphatic rings. The van der Waals surface area contributed by atoms with Gasteiger partial charge in [-0.05, 0) is 13.0 Å². The van der Waals surface area contributed by atoms with Crippen LogP contribution in [0.25, 0.3) is 0 Å². The molecule has 0 aromatic heterocycles. The standard InChI is InChI=1S/C6H7ClIN/c1-4-2-5(8)3-6(7)9-4/h3,5H,2H2,1H3. The Kier molecular flexibility index (Phi) is 2.52. The van der Waals surface area contributed by atoms with Gasteiger partial charge in [0, 0.05) is 16.1 Å². The molecule has 0 aromatic rings. The Morgan fingerprint density at radius 1 is 1.89 bits per heavy atom. The number of halogens is 2. The molecule has 0 saturated carbocycles. The van der Waals surface area contributed by atoms with Crippen molar-refractivity contribution in [3.05, 3.63) is 11.2 Å². The van der Waals surface area contributed by atoms with E-state index < -0.39 is 0 Å². The Morgan fingerprint density at radius 2 is 2.56 bits per heavy atom. The van der Waals surface area contributed by atoms with Crippen molar-refractivity contribution in [2.24, 2.45) is 4.99 Å². The molecule has 0 amide bonds. The fourth-order valence-electron chi connectivity index (χ4n) is 0.756. The fourth-order valence-corrected chi connectivity index (χ4v) is 2.24. The third kappa shape index (κ3) is 2.26. The van der Waals surface area contributed by atoms with Crippen molar-refractivity contribution in [3.63, 3.8) is 0 Å². The maximum absolute atomic E-state index is 5.68. The summed E-state index contributed by atoms with van der Waals surface area (Å²) >= 11 is 8.02. The van der Waals surface area contributed by atoms with E-state index >= 15 is 0 Å². The third-order valence-corrected chi connectivity index (χ3v) is 2.12. The van der Waals surface area contributed by atoms with E-state index in [9.17, 15) is 0 Å². The maximum atomic E-state index is 5.68. The Morgan fingerprint density at radius 3 is 3.00 bits per heavy atom. The van der Waals surface area contributed by atoms with E-state index in [1.807, 2.05) is 13.0 Å². The van der Waals surface area contributed by atoms with Gasteiger partial charge in [0.05, 0.1) is 0 Å². The van der Waals surface area contributed by atoms with E-state index in [1.165, 1.54) is 0 Å². The summed E-state index contributed by atoms with van der Waals surface area (Å²) in [4.78, 5) is 4.07. The quantitative estimate of drug-likeness (QED) is 0.358. The summed E-state index contributed by atoms with van der Waals surface area (Å²) in [7, 11) is 0. The number of hydrogen-bond donors (Lipinski definition) is 0. The first-order valence-electron chi connectivity index (χ1n) is 2.74. The lowest BCUT2D eigenvalue weighted by Gasteiger charge is -2.09. The van der Waals surface area contributed by atoms with Crippen LogP contribution in [0.1, 0.15) is 13.3 Å². The van der Waals surface area contributed by atoms with Crippen molar-refractivity contribution in [1.82, 2.24) is 0 Å². The minimum Gasteiger partial charge on any atom is -0.246 e. The molecule has 0 aliphatic carbocycles. The number of rotatable bonds is 0. The lowest BCUT2D eigenvalue weighted by Crippen LogP contribution is -2.06. The Bertz CT molecular complexity index is 174. The van der Waals surface area contributed by atoms with Crippen molar-refractivity contribution in [2.75, 3.05) is 0 Å². The summed E-state index contributed by atoms with van der Waals surface area (Å²) in [5.41, 5.74) is 1.13. The van der Waals surface area contributed by atoms with Gasteiger partial charge in [0.15, 0.2) is 0 Å². The van der Waals surface area contributed by atoms with Crippen LogP contribution in [0.3, 0.4) is 0 Å². The van der Waals surface area contributed by atoms with E-state index in [0.29, 0.717) is 9.08 Å². The van der Waals surface area contributed by atoms with Gasteiger partial charge in [-0.2, -0.15) is 0 Å². The van der Waals surface area contributed by atoms with Crippen LogP contribution < -0.4 is 0 Å². The molecule has 0 N–H and O–H groups in total. The van der Waals surface area contributed by atoms with Gasteiger partial charge in [0.2, 0.25) is 0 Å². The first kappa shape index (κ1) is 7.54. The fraction of sp³-hybridized carbons (Fsp3) is 0.500. The van der Waals surface area contributed by atoms with Crippen LogP contribution in [0.5, 0.6) is 0 Å². The zero-order valence-corrected chi connectivity index (χ0v) is 7.98. The summed E-state index contributed by atoms with van der Waals surface area (Å²) in [6, 6.07) is 0. The Hall–Kier alpha value is 0.430. The van der Waals surface area contributed by atoms with E-state index in [0.717, 1.165) is 12.1 Å². The monoisotopic (exact) mass is 255 g/mol. The summed E-state index contributed by atoms with van der Waals surface area (Å²) in [5.74, 6) is 0. The van der Waals surface area contributed by atoms with Crippen molar-refractivity contribution < 1.29 is 0 Å². The van der Waals surface area contributed by atoms with Gasteiger partial charge in [-0.3, -0.25) is 0 Å². The third-order valence-electron chi connectivity index (χ3n) is 1.11. The number of alkyl halides is 1. The lowest BCUT2D eigenvalue weighted by molar-refractivity contribution is 1.10. The highest BCUT2D eigenvalue weighted by atomic mass is 127. The van der Waals surface area contributed by atoms with Gasteiger partial charge in [-0.1, -0.05) is 34.2 Å². The normalized spacial score (nSPS) is 27.2. The molecule has 3 heteroatoms. The van der Waals surface area contributed by atoms with Gasteiger partial charge in [0.25, 0.3) is 0 Å². The molecule has 1 unspecified atom stereocenters. The number of hydrogen-bond acceptors (Lipinski definition) is 1. The van der Waals surface area contributed by atoms with E-state index in [2.05, 4.69) is 27.6 Å². The molecule has 0 fully saturated rings. The molecule has 50 valence electrons. The maximum Gasteiger partial charge on any atom is 0.126 e. The first-order chi connectivity index (χ1) is 4.18. The topological polar surface area (TPSA) is 12.4 Å². The molecule has 9 heavy (non-hydrogen) atoms. The van der Waals surface area contributed by atoms with Crippen LogP contribution in [0.2, 0.25) is 0 Å². The number of allylic oxidation sites excluding steroid dienone is 1. The highest BCUT2D eigenvalue weighted by Gasteiger charge is 2.08. The highest BCUT2D eigenvalue weighted by molar-refractivity contribution is 14.1. The SMILES string of the molecule is CC1=NC(Cl)=CC(I)C1. The molecule has 1 heterocycles. The Labute approximate surface area is 73.3 Å². The summed E-state index contributed by atoms with van der Waals surface area (Å²) in [6.45, 7) is 2.00. The van der Waals surface area contributed by atoms with Gasteiger partial charge < -0.3 is 0 Å². The lowest BCUT2D eigenvalue weighted by atomic mass is 10.2. The molecular weight excluding hydrogens is 248 g/mol. The molecule has 0 saturated heterocycles. The summed E-state index contributed by atoms with van der Waals surface area (Å²) in [6.07, 6.45) is 3.01.